The Hall–Kier alpha value is -4.64. The van der Waals surface area contributed by atoms with Crippen LogP contribution in [-0.4, -0.2) is 18.6 Å². The van der Waals surface area contributed by atoms with Crippen LogP contribution in [0, 0.1) is 11.6 Å². The van der Waals surface area contributed by atoms with Crippen LogP contribution in [-0.2, 0) is 6.18 Å². The number of anilines is 1. The molecule has 2 N–H and O–H groups in total. The molecule has 0 aliphatic carbocycles. The third-order valence-electron chi connectivity index (χ3n) is 6.70. The Kier molecular flexibility index (Phi) is 6.33. The molecule has 2 aliphatic rings. The fraction of sp³-hybridized carbons (Fsp3) is 0.103. The van der Waals surface area contributed by atoms with Crippen molar-refractivity contribution in [1.29, 1.82) is 0 Å². The van der Waals surface area contributed by atoms with Gasteiger partial charge in [-0.1, -0.05) is 17.7 Å². The van der Waals surface area contributed by atoms with E-state index in [0.29, 0.717) is 34.8 Å². The van der Waals surface area contributed by atoms with E-state index in [2.05, 4.69) is 10.6 Å². The van der Waals surface area contributed by atoms with Gasteiger partial charge in [0.1, 0.15) is 11.6 Å². The van der Waals surface area contributed by atoms with E-state index in [1.165, 1.54) is 12.1 Å². The topological polar surface area (TPSA) is 76.7 Å². The minimum atomic E-state index is -4.90. The van der Waals surface area contributed by atoms with Crippen LogP contribution in [0.4, 0.5) is 27.6 Å². The number of alkyl halides is 3. The van der Waals surface area contributed by atoms with Crippen molar-refractivity contribution in [3.05, 3.63) is 111 Å². The first kappa shape index (κ1) is 26.6. The summed E-state index contributed by atoms with van der Waals surface area (Å²) >= 11 is 6.32. The molecule has 4 aromatic rings. The lowest BCUT2D eigenvalue weighted by Gasteiger charge is -2.19. The van der Waals surface area contributed by atoms with Crippen LogP contribution in [0.25, 0.3) is 11.1 Å². The van der Waals surface area contributed by atoms with Gasteiger partial charge in [-0.05, 0) is 71.8 Å². The number of benzene rings is 4. The highest BCUT2D eigenvalue weighted by Crippen LogP contribution is 2.43. The van der Waals surface area contributed by atoms with Crippen molar-refractivity contribution < 1.29 is 41.0 Å². The number of carbonyl (C=O) groups excluding carboxylic acids is 2. The zero-order chi connectivity index (χ0) is 29.1. The summed E-state index contributed by atoms with van der Waals surface area (Å²) in [5, 5.41) is 5.37. The summed E-state index contributed by atoms with van der Waals surface area (Å²) in [7, 11) is 0. The number of amides is 2. The molecule has 4 aromatic carbocycles. The van der Waals surface area contributed by atoms with Crippen LogP contribution in [0.3, 0.4) is 0 Å². The van der Waals surface area contributed by atoms with Crippen molar-refractivity contribution in [3.8, 4) is 22.6 Å². The first-order valence-electron chi connectivity index (χ1n) is 12.0. The maximum absolute atomic E-state index is 14.2. The quantitative estimate of drug-likeness (QED) is 0.250. The molecule has 2 aliphatic heterocycles. The van der Waals surface area contributed by atoms with Gasteiger partial charge in [-0.25, -0.2) is 8.78 Å². The van der Waals surface area contributed by atoms with Gasteiger partial charge in [-0.3, -0.25) is 9.59 Å². The Morgan fingerprint density at radius 3 is 2.46 bits per heavy atom. The second-order valence-electron chi connectivity index (χ2n) is 9.31. The molecule has 6 rings (SSSR count). The Morgan fingerprint density at radius 1 is 0.902 bits per heavy atom. The summed E-state index contributed by atoms with van der Waals surface area (Å²) < 4.78 is 78.9. The van der Waals surface area contributed by atoms with Gasteiger partial charge in [0.25, 0.3) is 11.8 Å². The Balaban J connectivity index is 1.49. The van der Waals surface area contributed by atoms with E-state index in [9.17, 15) is 31.5 Å². The van der Waals surface area contributed by atoms with Crippen molar-refractivity contribution in [3.63, 3.8) is 0 Å². The average molecular weight is 587 g/mol. The van der Waals surface area contributed by atoms with Crippen LogP contribution < -0.4 is 20.1 Å². The third-order valence-corrected chi connectivity index (χ3v) is 7.04. The molecule has 2 amide bonds. The molecule has 208 valence electrons. The minimum absolute atomic E-state index is 0.0154. The number of nitrogens with one attached hydrogen (secondary N) is 2. The van der Waals surface area contributed by atoms with E-state index in [0.717, 1.165) is 12.1 Å². The summed E-state index contributed by atoms with van der Waals surface area (Å²) in [6.07, 6.45) is -4.90. The van der Waals surface area contributed by atoms with Gasteiger partial charge in [0.2, 0.25) is 6.79 Å². The molecule has 1 unspecified atom stereocenters. The molecule has 0 aromatic heterocycles. The predicted octanol–water partition coefficient (Wildman–Crippen LogP) is 7.12. The zero-order valence-electron chi connectivity index (χ0n) is 20.5. The molecule has 0 spiro atoms. The summed E-state index contributed by atoms with van der Waals surface area (Å²) in [4.78, 5) is 26.4. The lowest BCUT2D eigenvalue weighted by Crippen LogP contribution is -2.21. The zero-order valence-corrected chi connectivity index (χ0v) is 21.3. The number of fused-ring (bicyclic) bond motifs is 2. The number of carbonyl (C=O) groups is 2. The maximum Gasteiger partial charge on any atom is 0.416 e. The summed E-state index contributed by atoms with van der Waals surface area (Å²) in [6, 6.07) is 12.1. The number of hydrogen-bond donors (Lipinski definition) is 2. The number of halogens is 6. The molecule has 0 saturated carbocycles. The highest BCUT2D eigenvalue weighted by Gasteiger charge is 2.36. The second-order valence-corrected chi connectivity index (χ2v) is 9.71. The van der Waals surface area contributed by atoms with Crippen LogP contribution in [0.15, 0.2) is 66.7 Å². The van der Waals surface area contributed by atoms with E-state index in [-0.39, 0.29) is 40.3 Å². The molecular weight excluding hydrogens is 571 g/mol. The predicted molar refractivity (Wildman–Crippen MR) is 138 cm³/mol. The van der Waals surface area contributed by atoms with E-state index in [1.807, 2.05) is 0 Å². The molecule has 0 saturated heterocycles. The van der Waals surface area contributed by atoms with Gasteiger partial charge in [0.15, 0.2) is 11.5 Å². The first-order chi connectivity index (χ1) is 19.5. The maximum atomic E-state index is 14.2. The first-order valence-corrected chi connectivity index (χ1v) is 12.4. The summed E-state index contributed by atoms with van der Waals surface area (Å²) in [5.41, 5.74) is -0.424. The van der Waals surface area contributed by atoms with Crippen molar-refractivity contribution in [2.45, 2.75) is 12.2 Å². The SMILES string of the molecule is O=C(Nc1cc(-c2ccc3c(c2)OCO3)cc2c1C(c1cc(F)ccc1Cl)NC2=O)c1cc(F)cc(C(F)(F)F)c1. The van der Waals surface area contributed by atoms with Crippen molar-refractivity contribution in [2.75, 3.05) is 12.1 Å². The van der Waals surface area contributed by atoms with Crippen LogP contribution in [0.5, 0.6) is 11.5 Å². The largest absolute Gasteiger partial charge is 0.454 e. The van der Waals surface area contributed by atoms with Crippen LogP contribution >= 0.6 is 11.6 Å². The smallest absolute Gasteiger partial charge is 0.416 e. The lowest BCUT2D eigenvalue weighted by atomic mass is 9.92. The number of rotatable bonds is 4. The highest BCUT2D eigenvalue weighted by molar-refractivity contribution is 6.31. The third kappa shape index (κ3) is 4.93. The molecule has 0 bridgehead atoms. The van der Waals surface area contributed by atoms with Gasteiger partial charge in [-0.2, -0.15) is 13.2 Å². The van der Waals surface area contributed by atoms with E-state index < -0.39 is 46.8 Å². The van der Waals surface area contributed by atoms with Gasteiger partial charge in [-0.15, -0.1) is 0 Å². The average Bonchev–Trinajstić information content (AvgIpc) is 3.53. The highest BCUT2D eigenvalue weighted by atomic mass is 35.5. The Labute approximate surface area is 233 Å². The molecule has 2 heterocycles. The van der Waals surface area contributed by atoms with Crippen LogP contribution in [0.2, 0.25) is 5.02 Å². The standard InChI is InChI=1S/C29H16ClF5N2O4/c30-21-3-2-17(31)11-19(21)26-25-20(28(39)37-26)7-14(13-1-4-23-24(9-13)41-12-40-23)8-22(25)36-27(38)15-5-16(29(33,34)35)10-18(32)6-15/h1-11,26H,12H2,(H,36,38)(H,37,39). The van der Waals surface area contributed by atoms with Crippen LogP contribution in [0.1, 0.15) is 43.4 Å². The fourth-order valence-corrected chi connectivity index (χ4v) is 5.05. The van der Waals surface area contributed by atoms with E-state index >= 15 is 0 Å². The summed E-state index contributed by atoms with van der Waals surface area (Å²) in [5.74, 6) is -2.56. The Morgan fingerprint density at radius 2 is 1.68 bits per heavy atom. The van der Waals surface area contributed by atoms with Crippen molar-refractivity contribution in [2.24, 2.45) is 0 Å². The molecular formula is C29H16ClF5N2O4. The second kappa shape index (κ2) is 9.77. The molecule has 0 radical (unpaired) electrons. The van der Waals surface area contributed by atoms with Gasteiger partial charge < -0.3 is 20.1 Å². The van der Waals surface area contributed by atoms with Gasteiger partial charge >= 0.3 is 6.18 Å². The van der Waals surface area contributed by atoms with Crippen molar-refractivity contribution in [1.82, 2.24) is 5.32 Å². The fourth-order valence-electron chi connectivity index (χ4n) is 4.83. The normalized spacial score (nSPS) is 15.5. The summed E-state index contributed by atoms with van der Waals surface area (Å²) in [6.45, 7) is 0.0241. The van der Waals surface area contributed by atoms with E-state index in [1.54, 1.807) is 24.3 Å². The number of ether oxygens (including phenoxy) is 2. The van der Waals surface area contributed by atoms with Gasteiger partial charge in [0, 0.05) is 33.0 Å². The molecule has 41 heavy (non-hydrogen) atoms. The molecule has 12 heteroatoms. The Bertz CT molecular complexity index is 1760. The van der Waals surface area contributed by atoms with E-state index in [4.69, 9.17) is 21.1 Å². The van der Waals surface area contributed by atoms with Crippen molar-refractivity contribution >= 4 is 29.1 Å². The minimum Gasteiger partial charge on any atom is -0.454 e. The number of hydrogen-bond acceptors (Lipinski definition) is 4. The monoisotopic (exact) mass is 586 g/mol. The molecule has 1 atom stereocenters. The molecule has 6 nitrogen and oxygen atoms in total. The lowest BCUT2D eigenvalue weighted by molar-refractivity contribution is -0.137. The van der Waals surface area contributed by atoms with Gasteiger partial charge in [0.05, 0.1) is 11.6 Å². The molecule has 0 fully saturated rings.